The number of methoxy groups -OCH3 is 1. The maximum absolute atomic E-state index is 11.7. The average Bonchev–Trinajstić information content (AvgIpc) is 3.03. The first-order valence-electron chi connectivity index (χ1n) is 7.41. The highest BCUT2D eigenvalue weighted by Gasteiger charge is 2.45. The molecule has 3 atom stereocenters. The van der Waals surface area contributed by atoms with Crippen LogP contribution in [-0.4, -0.2) is 46.2 Å². The van der Waals surface area contributed by atoms with Crippen LogP contribution in [-0.2, 0) is 20.9 Å². The smallest absolute Gasteiger partial charge is 0.342 e. The largest absolute Gasteiger partial charge is 0.491 e. The number of thiophene rings is 1. The van der Waals surface area contributed by atoms with Gasteiger partial charge in [0, 0.05) is 11.1 Å². The highest BCUT2D eigenvalue weighted by atomic mass is 32.1. The number of hydrogen-bond donors (Lipinski definition) is 3. The molecule has 0 saturated carbocycles. The van der Waals surface area contributed by atoms with Crippen LogP contribution in [0.5, 0.6) is 0 Å². The van der Waals surface area contributed by atoms with Crippen LogP contribution in [0.3, 0.4) is 0 Å². The molecule has 128 valence electrons. The lowest BCUT2D eigenvalue weighted by Crippen LogP contribution is -2.49. The Morgan fingerprint density at radius 3 is 2.92 bits per heavy atom. The predicted octanol–water partition coefficient (Wildman–Crippen LogP) is 1.33. The molecule has 1 heterocycles. The number of hydrogen-bond acceptors (Lipinski definition) is 7. The Morgan fingerprint density at radius 2 is 2.17 bits per heavy atom. The molecule has 24 heavy (non-hydrogen) atoms. The fourth-order valence-corrected chi connectivity index (χ4v) is 3.49. The quantitative estimate of drug-likeness (QED) is 0.720. The summed E-state index contributed by atoms with van der Waals surface area (Å²) in [6.45, 7) is 0.138. The van der Waals surface area contributed by atoms with Crippen molar-refractivity contribution in [2.75, 3.05) is 7.11 Å². The van der Waals surface area contributed by atoms with Crippen LogP contribution in [0, 0.1) is 0 Å². The van der Waals surface area contributed by atoms with Gasteiger partial charge in [0.2, 0.25) is 0 Å². The molecule has 1 aliphatic rings. The number of benzene rings is 1. The van der Waals surface area contributed by atoms with Crippen LogP contribution < -0.4 is 0 Å². The Hall–Kier alpha value is -1.93. The standard InChI is InChI=1S/C17H18O6S/c1-22-16(20)17(21)7-12(18)15(19)13(8-17)23-9-10-2-3-14-11(6-10)4-5-24-14/h2-6,8,12,15,18-19,21H,7,9H2,1H3/t12-,15+,17-/m1/s1. The summed E-state index contributed by atoms with van der Waals surface area (Å²) in [6, 6.07) is 7.84. The SMILES string of the molecule is COC(=O)[C@]1(O)C=C(OCc2ccc3sccc3c2)[C@@H](O)[C@H](O)C1. The lowest BCUT2D eigenvalue weighted by atomic mass is 9.86. The number of carbonyl (C=O) groups is 1. The van der Waals surface area contributed by atoms with Gasteiger partial charge in [-0.15, -0.1) is 11.3 Å². The van der Waals surface area contributed by atoms with Gasteiger partial charge >= 0.3 is 5.97 Å². The van der Waals surface area contributed by atoms with E-state index in [0.29, 0.717) is 0 Å². The van der Waals surface area contributed by atoms with Crippen LogP contribution in [0.2, 0.25) is 0 Å². The van der Waals surface area contributed by atoms with Gasteiger partial charge in [0.05, 0.1) is 13.2 Å². The number of aliphatic hydroxyl groups excluding tert-OH is 2. The molecule has 0 bridgehead atoms. The number of fused-ring (bicyclic) bond motifs is 1. The van der Waals surface area contributed by atoms with E-state index >= 15 is 0 Å². The summed E-state index contributed by atoms with van der Waals surface area (Å²) in [4.78, 5) is 11.7. The minimum Gasteiger partial charge on any atom is -0.491 e. The normalized spacial score (nSPS) is 26.9. The number of ether oxygens (including phenoxy) is 2. The van der Waals surface area contributed by atoms with Crippen LogP contribution in [0.4, 0.5) is 0 Å². The fourth-order valence-electron chi connectivity index (χ4n) is 2.72. The highest BCUT2D eigenvalue weighted by Crippen LogP contribution is 2.30. The first-order chi connectivity index (χ1) is 11.4. The highest BCUT2D eigenvalue weighted by molar-refractivity contribution is 7.17. The van der Waals surface area contributed by atoms with Crippen LogP contribution in [0.15, 0.2) is 41.5 Å². The van der Waals surface area contributed by atoms with Crippen LogP contribution >= 0.6 is 11.3 Å². The lowest BCUT2D eigenvalue weighted by Gasteiger charge is -2.33. The molecule has 1 aromatic heterocycles. The van der Waals surface area contributed by atoms with E-state index in [0.717, 1.165) is 28.8 Å². The van der Waals surface area contributed by atoms with Gasteiger partial charge in [-0.05, 0) is 40.6 Å². The zero-order chi connectivity index (χ0) is 17.3. The van der Waals surface area contributed by atoms with Crippen molar-refractivity contribution in [1.82, 2.24) is 0 Å². The van der Waals surface area contributed by atoms with E-state index in [1.807, 2.05) is 29.6 Å². The predicted molar refractivity (Wildman–Crippen MR) is 88.3 cm³/mol. The molecule has 6 nitrogen and oxygen atoms in total. The van der Waals surface area contributed by atoms with Gasteiger partial charge < -0.3 is 24.8 Å². The molecule has 1 aliphatic carbocycles. The molecule has 7 heteroatoms. The fraction of sp³-hybridized carbons (Fsp3) is 0.353. The molecule has 0 aliphatic heterocycles. The van der Waals surface area contributed by atoms with E-state index in [4.69, 9.17) is 4.74 Å². The van der Waals surface area contributed by atoms with Crippen molar-refractivity contribution in [2.24, 2.45) is 0 Å². The summed E-state index contributed by atoms with van der Waals surface area (Å²) >= 11 is 1.64. The third kappa shape index (κ3) is 3.16. The van der Waals surface area contributed by atoms with Crippen molar-refractivity contribution >= 4 is 27.4 Å². The van der Waals surface area contributed by atoms with Gasteiger partial charge in [-0.25, -0.2) is 4.79 Å². The Labute approximate surface area is 142 Å². The minimum atomic E-state index is -2.01. The van der Waals surface area contributed by atoms with Gasteiger partial charge in [-0.2, -0.15) is 0 Å². The summed E-state index contributed by atoms with van der Waals surface area (Å²) in [5, 5.41) is 33.3. The second-order valence-corrected chi connectivity index (χ2v) is 6.71. The molecule has 0 saturated heterocycles. The number of rotatable bonds is 4. The number of aliphatic hydroxyl groups is 3. The molecule has 3 rings (SSSR count). The number of carbonyl (C=O) groups excluding carboxylic acids is 1. The van der Waals surface area contributed by atoms with Gasteiger partial charge in [0.1, 0.15) is 18.5 Å². The zero-order valence-corrected chi connectivity index (χ0v) is 13.8. The lowest BCUT2D eigenvalue weighted by molar-refractivity contribution is -0.164. The Balaban J connectivity index is 1.79. The van der Waals surface area contributed by atoms with Crippen molar-refractivity contribution in [2.45, 2.75) is 30.8 Å². The molecule has 0 fully saturated rings. The van der Waals surface area contributed by atoms with Gasteiger partial charge in [0.25, 0.3) is 0 Å². The summed E-state index contributed by atoms with van der Waals surface area (Å²) < 4.78 is 11.3. The summed E-state index contributed by atoms with van der Waals surface area (Å²) in [7, 11) is 1.14. The Morgan fingerprint density at radius 1 is 1.38 bits per heavy atom. The molecule has 2 aromatic rings. The molecule has 0 amide bonds. The van der Waals surface area contributed by atoms with Gasteiger partial charge in [0.15, 0.2) is 5.60 Å². The minimum absolute atomic E-state index is 0.0490. The van der Waals surface area contributed by atoms with E-state index in [1.165, 1.54) is 0 Å². The molecule has 1 aromatic carbocycles. The first kappa shape index (κ1) is 16.9. The average molecular weight is 350 g/mol. The van der Waals surface area contributed by atoms with Crippen molar-refractivity contribution < 1.29 is 29.6 Å². The van der Waals surface area contributed by atoms with Gasteiger partial charge in [-0.3, -0.25) is 0 Å². The monoisotopic (exact) mass is 350 g/mol. The zero-order valence-electron chi connectivity index (χ0n) is 13.0. The molecule has 0 unspecified atom stereocenters. The second-order valence-electron chi connectivity index (χ2n) is 5.76. The van der Waals surface area contributed by atoms with E-state index in [-0.39, 0.29) is 18.8 Å². The van der Waals surface area contributed by atoms with E-state index < -0.39 is 23.8 Å². The summed E-state index contributed by atoms with van der Waals surface area (Å²) in [5.41, 5.74) is -1.14. The van der Waals surface area contributed by atoms with Crippen molar-refractivity contribution in [1.29, 1.82) is 0 Å². The molecule has 3 N–H and O–H groups in total. The summed E-state index contributed by atoms with van der Waals surface area (Å²) in [5.74, 6) is -0.957. The Kier molecular flexibility index (Phi) is 4.60. The second kappa shape index (κ2) is 6.52. The molecule has 0 spiro atoms. The topological polar surface area (TPSA) is 96.2 Å². The van der Waals surface area contributed by atoms with Crippen LogP contribution in [0.25, 0.3) is 10.1 Å². The van der Waals surface area contributed by atoms with E-state index in [2.05, 4.69) is 4.74 Å². The third-order valence-corrected chi connectivity index (χ3v) is 4.92. The van der Waals surface area contributed by atoms with E-state index in [9.17, 15) is 20.1 Å². The maximum Gasteiger partial charge on any atom is 0.342 e. The molecule has 0 radical (unpaired) electrons. The van der Waals surface area contributed by atoms with Crippen molar-refractivity contribution in [3.8, 4) is 0 Å². The third-order valence-electron chi connectivity index (χ3n) is 4.02. The summed E-state index contributed by atoms with van der Waals surface area (Å²) in [6.07, 6.45) is -1.87. The van der Waals surface area contributed by atoms with Crippen LogP contribution in [0.1, 0.15) is 12.0 Å². The van der Waals surface area contributed by atoms with Crippen molar-refractivity contribution in [3.05, 3.63) is 47.0 Å². The Bertz CT molecular complexity index is 782. The first-order valence-corrected chi connectivity index (χ1v) is 8.29. The molecular formula is C17H18O6S. The molecular weight excluding hydrogens is 332 g/mol. The van der Waals surface area contributed by atoms with Crippen molar-refractivity contribution in [3.63, 3.8) is 0 Å². The van der Waals surface area contributed by atoms with Gasteiger partial charge in [-0.1, -0.05) is 6.07 Å². The van der Waals surface area contributed by atoms with E-state index in [1.54, 1.807) is 11.3 Å². The number of esters is 1. The maximum atomic E-state index is 11.7.